The molecule has 0 saturated carbocycles. The SMILES string of the molecule is COc1ccc(/C=C/C(=O)Oc2ccc(OC)cc2)cc1. The van der Waals surface area contributed by atoms with Crippen molar-refractivity contribution in [1.29, 1.82) is 0 Å². The Morgan fingerprint density at radius 2 is 1.29 bits per heavy atom. The van der Waals surface area contributed by atoms with Gasteiger partial charge in [-0.2, -0.15) is 0 Å². The minimum Gasteiger partial charge on any atom is -0.497 e. The van der Waals surface area contributed by atoms with E-state index >= 15 is 0 Å². The van der Waals surface area contributed by atoms with Crippen LogP contribution in [0.4, 0.5) is 0 Å². The van der Waals surface area contributed by atoms with Crippen LogP contribution in [0.25, 0.3) is 6.08 Å². The third kappa shape index (κ3) is 4.38. The van der Waals surface area contributed by atoms with E-state index in [4.69, 9.17) is 14.2 Å². The summed E-state index contributed by atoms with van der Waals surface area (Å²) < 4.78 is 15.3. The summed E-state index contributed by atoms with van der Waals surface area (Å²) in [5, 5.41) is 0. The van der Waals surface area contributed by atoms with E-state index in [0.717, 1.165) is 11.3 Å². The van der Waals surface area contributed by atoms with Crippen LogP contribution in [0.15, 0.2) is 54.6 Å². The number of rotatable bonds is 5. The molecule has 0 spiro atoms. The molecule has 0 fully saturated rings. The normalized spacial score (nSPS) is 10.4. The predicted octanol–water partition coefficient (Wildman–Crippen LogP) is 3.32. The molecule has 0 atom stereocenters. The molecule has 0 aromatic heterocycles. The van der Waals surface area contributed by atoms with Gasteiger partial charge in [-0.3, -0.25) is 0 Å². The summed E-state index contributed by atoms with van der Waals surface area (Å²) in [6.45, 7) is 0. The Balaban J connectivity index is 1.94. The molecule has 2 aromatic rings. The molecular formula is C17H16O4. The van der Waals surface area contributed by atoms with Crippen molar-refractivity contribution in [3.05, 3.63) is 60.2 Å². The summed E-state index contributed by atoms with van der Waals surface area (Å²) in [6, 6.07) is 14.2. The smallest absolute Gasteiger partial charge is 0.336 e. The average molecular weight is 284 g/mol. The van der Waals surface area contributed by atoms with Crippen molar-refractivity contribution < 1.29 is 19.0 Å². The number of carbonyl (C=O) groups excluding carboxylic acids is 1. The molecule has 21 heavy (non-hydrogen) atoms. The van der Waals surface area contributed by atoms with Crippen LogP contribution in [-0.2, 0) is 4.79 Å². The summed E-state index contributed by atoms with van der Waals surface area (Å²) in [5.41, 5.74) is 0.891. The molecule has 0 saturated heterocycles. The van der Waals surface area contributed by atoms with Gasteiger partial charge in [-0.25, -0.2) is 4.79 Å². The van der Waals surface area contributed by atoms with Crippen LogP contribution in [0, 0.1) is 0 Å². The Hall–Kier alpha value is -2.75. The fraction of sp³-hybridized carbons (Fsp3) is 0.118. The van der Waals surface area contributed by atoms with Gasteiger partial charge in [0.25, 0.3) is 0 Å². The second-order valence-corrected chi connectivity index (χ2v) is 4.20. The van der Waals surface area contributed by atoms with E-state index < -0.39 is 5.97 Å². The molecule has 0 aliphatic rings. The molecule has 0 aliphatic heterocycles. The van der Waals surface area contributed by atoms with Crippen molar-refractivity contribution in [2.45, 2.75) is 0 Å². The molecule has 4 nitrogen and oxygen atoms in total. The zero-order valence-corrected chi connectivity index (χ0v) is 11.9. The number of benzene rings is 2. The van der Waals surface area contributed by atoms with Crippen LogP contribution >= 0.6 is 0 Å². The Labute approximate surface area is 123 Å². The van der Waals surface area contributed by atoms with Crippen molar-refractivity contribution in [2.24, 2.45) is 0 Å². The Kier molecular flexibility index (Phi) is 4.99. The average Bonchev–Trinajstić information content (AvgIpc) is 2.54. The number of ether oxygens (including phenoxy) is 3. The summed E-state index contributed by atoms with van der Waals surface area (Å²) >= 11 is 0. The first-order chi connectivity index (χ1) is 10.2. The standard InChI is InChI=1S/C17H16O4/c1-19-14-6-3-13(4-7-14)5-12-17(18)21-16-10-8-15(20-2)9-11-16/h3-12H,1-2H3/b12-5+. The molecule has 0 N–H and O–H groups in total. The highest BCUT2D eigenvalue weighted by Gasteiger charge is 2.01. The Morgan fingerprint density at radius 1 is 0.810 bits per heavy atom. The minimum atomic E-state index is -0.434. The lowest BCUT2D eigenvalue weighted by Crippen LogP contribution is -2.03. The third-order valence-corrected chi connectivity index (χ3v) is 2.81. The van der Waals surface area contributed by atoms with Crippen LogP contribution in [-0.4, -0.2) is 20.2 Å². The van der Waals surface area contributed by atoms with E-state index in [0.29, 0.717) is 11.5 Å². The molecule has 108 valence electrons. The Bertz CT molecular complexity index is 612. The summed E-state index contributed by atoms with van der Waals surface area (Å²) in [7, 11) is 3.19. The van der Waals surface area contributed by atoms with Gasteiger partial charge in [0.05, 0.1) is 14.2 Å². The monoisotopic (exact) mass is 284 g/mol. The molecule has 0 amide bonds. The lowest BCUT2D eigenvalue weighted by molar-refractivity contribution is -0.128. The van der Waals surface area contributed by atoms with E-state index in [9.17, 15) is 4.79 Å². The predicted molar refractivity (Wildman–Crippen MR) is 80.7 cm³/mol. The lowest BCUT2D eigenvalue weighted by atomic mass is 10.2. The van der Waals surface area contributed by atoms with Crippen LogP contribution in [0.1, 0.15) is 5.56 Å². The molecule has 2 rings (SSSR count). The van der Waals surface area contributed by atoms with Gasteiger partial charge >= 0.3 is 5.97 Å². The largest absolute Gasteiger partial charge is 0.497 e. The Morgan fingerprint density at radius 3 is 1.81 bits per heavy atom. The van der Waals surface area contributed by atoms with E-state index in [2.05, 4.69) is 0 Å². The third-order valence-electron chi connectivity index (χ3n) is 2.81. The van der Waals surface area contributed by atoms with Gasteiger partial charge in [0.2, 0.25) is 0 Å². The quantitative estimate of drug-likeness (QED) is 0.480. The number of esters is 1. The minimum absolute atomic E-state index is 0.434. The first kappa shape index (κ1) is 14.7. The first-order valence-electron chi connectivity index (χ1n) is 6.39. The lowest BCUT2D eigenvalue weighted by Gasteiger charge is -2.03. The van der Waals surface area contributed by atoms with Gasteiger partial charge in [0.1, 0.15) is 17.2 Å². The second-order valence-electron chi connectivity index (χ2n) is 4.20. The maximum absolute atomic E-state index is 11.7. The fourth-order valence-corrected chi connectivity index (χ4v) is 1.67. The molecule has 0 bridgehead atoms. The molecule has 2 aromatic carbocycles. The summed E-state index contributed by atoms with van der Waals surface area (Å²) in [6.07, 6.45) is 3.07. The highest BCUT2D eigenvalue weighted by Crippen LogP contribution is 2.17. The molecule has 4 heteroatoms. The van der Waals surface area contributed by atoms with E-state index in [1.54, 1.807) is 44.6 Å². The second kappa shape index (κ2) is 7.14. The number of methoxy groups -OCH3 is 2. The topological polar surface area (TPSA) is 44.8 Å². The number of hydrogen-bond acceptors (Lipinski definition) is 4. The zero-order chi connectivity index (χ0) is 15.1. The maximum atomic E-state index is 11.7. The van der Waals surface area contributed by atoms with E-state index in [1.807, 2.05) is 24.3 Å². The van der Waals surface area contributed by atoms with E-state index in [-0.39, 0.29) is 0 Å². The van der Waals surface area contributed by atoms with Crippen LogP contribution in [0.3, 0.4) is 0 Å². The molecule has 0 unspecified atom stereocenters. The van der Waals surface area contributed by atoms with Crippen molar-refractivity contribution in [2.75, 3.05) is 14.2 Å². The van der Waals surface area contributed by atoms with Gasteiger partial charge in [-0.05, 0) is 48.0 Å². The van der Waals surface area contributed by atoms with Crippen LogP contribution < -0.4 is 14.2 Å². The van der Waals surface area contributed by atoms with E-state index in [1.165, 1.54) is 6.08 Å². The van der Waals surface area contributed by atoms with Crippen LogP contribution in [0.2, 0.25) is 0 Å². The maximum Gasteiger partial charge on any atom is 0.336 e. The van der Waals surface area contributed by atoms with Crippen molar-refractivity contribution in [3.8, 4) is 17.2 Å². The first-order valence-corrected chi connectivity index (χ1v) is 6.39. The fourth-order valence-electron chi connectivity index (χ4n) is 1.67. The number of hydrogen-bond donors (Lipinski definition) is 0. The van der Waals surface area contributed by atoms with Gasteiger partial charge in [0.15, 0.2) is 0 Å². The molecular weight excluding hydrogens is 268 g/mol. The summed E-state index contributed by atoms with van der Waals surface area (Å²) in [5.74, 6) is 1.52. The highest BCUT2D eigenvalue weighted by molar-refractivity contribution is 5.88. The summed E-state index contributed by atoms with van der Waals surface area (Å²) in [4.78, 5) is 11.7. The van der Waals surface area contributed by atoms with Gasteiger partial charge < -0.3 is 14.2 Å². The molecule has 0 radical (unpaired) electrons. The molecule has 0 heterocycles. The van der Waals surface area contributed by atoms with Crippen LogP contribution in [0.5, 0.6) is 17.2 Å². The van der Waals surface area contributed by atoms with Crippen molar-refractivity contribution >= 4 is 12.0 Å². The van der Waals surface area contributed by atoms with Crippen molar-refractivity contribution in [3.63, 3.8) is 0 Å². The molecule has 0 aliphatic carbocycles. The number of carbonyl (C=O) groups is 1. The highest BCUT2D eigenvalue weighted by atomic mass is 16.5. The zero-order valence-electron chi connectivity index (χ0n) is 11.9. The van der Waals surface area contributed by atoms with Gasteiger partial charge in [0, 0.05) is 6.08 Å². The van der Waals surface area contributed by atoms with Crippen molar-refractivity contribution in [1.82, 2.24) is 0 Å². The van der Waals surface area contributed by atoms with Gasteiger partial charge in [-0.1, -0.05) is 12.1 Å². The van der Waals surface area contributed by atoms with Gasteiger partial charge in [-0.15, -0.1) is 0 Å².